The van der Waals surface area contributed by atoms with Gasteiger partial charge in [0.25, 0.3) is 0 Å². The first-order valence-electron chi connectivity index (χ1n) is 6.55. The Morgan fingerprint density at radius 3 is 2.67 bits per heavy atom. The molecular formula is C13H23BrN4. The Kier molecular flexibility index (Phi) is 6.39. The van der Waals surface area contributed by atoms with E-state index < -0.39 is 0 Å². The van der Waals surface area contributed by atoms with Gasteiger partial charge >= 0.3 is 0 Å². The Balaban J connectivity index is 2.68. The summed E-state index contributed by atoms with van der Waals surface area (Å²) in [5.74, 6) is 2.21. The van der Waals surface area contributed by atoms with Crippen LogP contribution in [-0.2, 0) is 0 Å². The summed E-state index contributed by atoms with van der Waals surface area (Å²) in [5, 5.41) is 6.61. The summed E-state index contributed by atoms with van der Waals surface area (Å²) in [6.45, 7) is 9.63. The molecule has 5 heteroatoms. The van der Waals surface area contributed by atoms with Crippen LogP contribution in [-0.4, -0.2) is 22.6 Å². The van der Waals surface area contributed by atoms with E-state index >= 15 is 0 Å². The lowest BCUT2D eigenvalue weighted by Crippen LogP contribution is -2.19. The number of aromatic nitrogens is 2. The number of rotatable bonds is 7. The van der Waals surface area contributed by atoms with Crippen LogP contribution in [0.2, 0.25) is 0 Å². The van der Waals surface area contributed by atoms with Crippen LogP contribution in [0.3, 0.4) is 0 Å². The standard InChI is InChI=1S/C13H23BrN4/c1-5-6-15-13-16-8-11(14)12(18-13)17-10(4)7-9(2)3/h8-10H,5-7H2,1-4H3,(H2,15,16,17,18). The lowest BCUT2D eigenvalue weighted by Gasteiger charge is -2.17. The molecule has 0 bridgehead atoms. The lowest BCUT2D eigenvalue weighted by molar-refractivity contribution is 0.538. The highest BCUT2D eigenvalue weighted by atomic mass is 79.9. The van der Waals surface area contributed by atoms with Gasteiger partial charge < -0.3 is 10.6 Å². The minimum absolute atomic E-state index is 0.398. The average Bonchev–Trinajstić information content (AvgIpc) is 2.29. The van der Waals surface area contributed by atoms with Gasteiger partial charge in [0.1, 0.15) is 5.82 Å². The summed E-state index contributed by atoms with van der Waals surface area (Å²) in [4.78, 5) is 8.71. The topological polar surface area (TPSA) is 49.8 Å². The molecule has 4 nitrogen and oxygen atoms in total. The molecule has 1 atom stereocenters. The zero-order valence-corrected chi connectivity index (χ0v) is 13.2. The third kappa shape index (κ3) is 5.21. The van der Waals surface area contributed by atoms with Crippen molar-refractivity contribution in [1.82, 2.24) is 9.97 Å². The van der Waals surface area contributed by atoms with Gasteiger partial charge in [0, 0.05) is 18.8 Å². The van der Waals surface area contributed by atoms with Crippen LogP contribution < -0.4 is 10.6 Å². The van der Waals surface area contributed by atoms with Crippen LogP contribution in [0.5, 0.6) is 0 Å². The minimum atomic E-state index is 0.398. The van der Waals surface area contributed by atoms with Crippen molar-refractivity contribution >= 4 is 27.7 Å². The average molecular weight is 315 g/mol. The highest BCUT2D eigenvalue weighted by molar-refractivity contribution is 9.10. The number of halogens is 1. The molecule has 1 aromatic rings. The quantitative estimate of drug-likeness (QED) is 0.801. The second kappa shape index (κ2) is 7.56. The summed E-state index contributed by atoms with van der Waals surface area (Å²) in [5.41, 5.74) is 0. The minimum Gasteiger partial charge on any atom is -0.367 e. The van der Waals surface area contributed by atoms with E-state index in [1.807, 2.05) is 0 Å². The SMILES string of the molecule is CCCNc1ncc(Br)c(NC(C)CC(C)C)n1. The Morgan fingerprint density at radius 1 is 1.33 bits per heavy atom. The Labute approximate surface area is 118 Å². The molecule has 0 saturated heterocycles. The largest absolute Gasteiger partial charge is 0.367 e. The highest BCUT2D eigenvalue weighted by Crippen LogP contribution is 2.22. The van der Waals surface area contributed by atoms with Gasteiger partial charge in [0.15, 0.2) is 0 Å². The van der Waals surface area contributed by atoms with Gasteiger partial charge in [-0.15, -0.1) is 0 Å². The van der Waals surface area contributed by atoms with Gasteiger partial charge in [0.05, 0.1) is 4.47 Å². The zero-order valence-electron chi connectivity index (χ0n) is 11.6. The molecule has 0 aliphatic carbocycles. The van der Waals surface area contributed by atoms with Gasteiger partial charge in [-0.25, -0.2) is 4.98 Å². The van der Waals surface area contributed by atoms with Crippen LogP contribution in [0.15, 0.2) is 10.7 Å². The molecule has 0 amide bonds. The molecule has 0 radical (unpaired) electrons. The maximum Gasteiger partial charge on any atom is 0.224 e. The second-order valence-corrected chi connectivity index (χ2v) is 5.85. The molecule has 1 aromatic heterocycles. The fourth-order valence-corrected chi connectivity index (χ4v) is 2.10. The Bertz CT molecular complexity index is 368. The molecule has 1 rings (SSSR count). The van der Waals surface area contributed by atoms with E-state index in [-0.39, 0.29) is 0 Å². The first kappa shape index (κ1) is 15.2. The Morgan fingerprint density at radius 2 is 2.06 bits per heavy atom. The van der Waals surface area contributed by atoms with Crippen LogP contribution in [0.25, 0.3) is 0 Å². The number of nitrogens with one attached hydrogen (secondary N) is 2. The summed E-state index contributed by atoms with van der Waals surface area (Å²) in [7, 11) is 0. The van der Waals surface area contributed by atoms with E-state index in [0.29, 0.717) is 17.9 Å². The zero-order chi connectivity index (χ0) is 13.5. The van der Waals surface area contributed by atoms with Crippen molar-refractivity contribution in [1.29, 1.82) is 0 Å². The van der Waals surface area contributed by atoms with E-state index in [4.69, 9.17) is 0 Å². The molecule has 0 saturated carbocycles. The van der Waals surface area contributed by atoms with Gasteiger partial charge in [0.2, 0.25) is 5.95 Å². The van der Waals surface area contributed by atoms with Crippen molar-refractivity contribution in [3.05, 3.63) is 10.7 Å². The summed E-state index contributed by atoms with van der Waals surface area (Å²) >= 11 is 3.48. The van der Waals surface area contributed by atoms with Crippen molar-refractivity contribution in [2.75, 3.05) is 17.2 Å². The van der Waals surface area contributed by atoms with Crippen molar-refractivity contribution < 1.29 is 0 Å². The van der Waals surface area contributed by atoms with Crippen molar-refractivity contribution in [3.63, 3.8) is 0 Å². The Hall–Kier alpha value is -0.840. The summed E-state index contributed by atoms with van der Waals surface area (Å²) in [6, 6.07) is 0.398. The summed E-state index contributed by atoms with van der Waals surface area (Å²) < 4.78 is 0.903. The molecule has 1 heterocycles. The van der Waals surface area contributed by atoms with E-state index in [1.165, 1.54) is 0 Å². The number of hydrogen-bond donors (Lipinski definition) is 2. The van der Waals surface area contributed by atoms with Crippen LogP contribution in [0.1, 0.15) is 40.5 Å². The third-order valence-corrected chi connectivity index (χ3v) is 3.07. The molecule has 0 spiro atoms. The van der Waals surface area contributed by atoms with E-state index in [1.54, 1.807) is 6.20 Å². The predicted molar refractivity (Wildman–Crippen MR) is 81.1 cm³/mol. The van der Waals surface area contributed by atoms with Crippen LogP contribution in [0.4, 0.5) is 11.8 Å². The number of nitrogens with zero attached hydrogens (tertiary/aromatic N) is 2. The normalized spacial score (nSPS) is 12.6. The molecule has 2 N–H and O–H groups in total. The van der Waals surface area contributed by atoms with Crippen molar-refractivity contribution in [2.45, 2.75) is 46.6 Å². The molecule has 0 fully saturated rings. The first-order chi connectivity index (χ1) is 8.52. The molecule has 18 heavy (non-hydrogen) atoms. The van der Waals surface area contributed by atoms with Gasteiger partial charge in [-0.05, 0) is 41.6 Å². The molecule has 102 valence electrons. The van der Waals surface area contributed by atoms with E-state index in [9.17, 15) is 0 Å². The fraction of sp³-hybridized carbons (Fsp3) is 0.692. The maximum atomic E-state index is 4.48. The predicted octanol–water partition coefficient (Wildman–Crippen LogP) is 3.91. The smallest absolute Gasteiger partial charge is 0.224 e. The van der Waals surface area contributed by atoms with Crippen molar-refractivity contribution in [2.24, 2.45) is 5.92 Å². The first-order valence-corrected chi connectivity index (χ1v) is 7.35. The highest BCUT2D eigenvalue weighted by Gasteiger charge is 2.09. The molecule has 1 unspecified atom stereocenters. The van der Waals surface area contributed by atoms with E-state index in [2.05, 4.69) is 64.2 Å². The van der Waals surface area contributed by atoms with Gasteiger partial charge in [-0.1, -0.05) is 20.8 Å². The number of anilines is 2. The van der Waals surface area contributed by atoms with Crippen LogP contribution >= 0.6 is 15.9 Å². The molecular weight excluding hydrogens is 292 g/mol. The van der Waals surface area contributed by atoms with E-state index in [0.717, 1.165) is 29.7 Å². The maximum absolute atomic E-state index is 4.48. The molecule has 0 aromatic carbocycles. The lowest BCUT2D eigenvalue weighted by atomic mass is 10.1. The third-order valence-electron chi connectivity index (χ3n) is 2.49. The fourth-order valence-electron chi connectivity index (χ4n) is 1.79. The molecule has 0 aliphatic heterocycles. The van der Waals surface area contributed by atoms with Crippen LogP contribution in [0, 0.1) is 5.92 Å². The van der Waals surface area contributed by atoms with Crippen molar-refractivity contribution in [3.8, 4) is 0 Å². The molecule has 0 aliphatic rings. The monoisotopic (exact) mass is 314 g/mol. The van der Waals surface area contributed by atoms with Gasteiger partial charge in [-0.3, -0.25) is 0 Å². The second-order valence-electron chi connectivity index (χ2n) is 4.99. The summed E-state index contributed by atoms with van der Waals surface area (Å²) in [6.07, 6.45) is 3.97. The van der Waals surface area contributed by atoms with Gasteiger partial charge in [-0.2, -0.15) is 4.98 Å². The number of hydrogen-bond acceptors (Lipinski definition) is 4.